The van der Waals surface area contributed by atoms with Crippen LogP contribution in [-0.4, -0.2) is 22.4 Å². The van der Waals surface area contributed by atoms with Crippen LogP contribution in [0.5, 0.6) is 0 Å². The lowest BCUT2D eigenvalue weighted by atomic mass is 10.1. The van der Waals surface area contributed by atoms with E-state index in [1.54, 1.807) is 12.4 Å². The number of aromatic nitrogens is 1. The second-order valence-corrected chi connectivity index (χ2v) is 5.14. The van der Waals surface area contributed by atoms with Crippen molar-refractivity contribution in [2.75, 3.05) is 6.54 Å². The van der Waals surface area contributed by atoms with Crippen molar-refractivity contribution in [3.8, 4) is 0 Å². The molecule has 1 aromatic heterocycles. The first-order valence-corrected chi connectivity index (χ1v) is 6.98. The average molecular weight is 350 g/mol. The van der Waals surface area contributed by atoms with E-state index in [1.165, 1.54) is 18.2 Å². The smallest absolute Gasteiger partial charge is 0.270 e. The van der Waals surface area contributed by atoms with E-state index in [0.717, 1.165) is 5.56 Å². The number of nitro benzene ring substituents is 1. The van der Waals surface area contributed by atoms with Crippen molar-refractivity contribution >= 4 is 27.5 Å². The van der Waals surface area contributed by atoms with E-state index in [-0.39, 0.29) is 17.2 Å². The minimum Gasteiger partial charge on any atom is -0.352 e. The van der Waals surface area contributed by atoms with Gasteiger partial charge in [-0.25, -0.2) is 0 Å². The number of nitrogens with zero attached hydrogens (tertiary/aromatic N) is 2. The Morgan fingerprint density at radius 1 is 1.29 bits per heavy atom. The minimum absolute atomic E-state index is 0.113. The lowest BCUT2D eigenvalue weighted by Gasteiger charge is -2.07. The van der Waals surface area contributed by atoms with Gasteiger partial charge in [0.15, 0.2) is 0 Å². The van der Waals surface area contributed by atoms with Crippen molar-refractivity contribution < 1.29 is 9.72 Å². The number of benzene rings is 1. The van der Waals surface area contributed by atoms with Gasteiger partial charge in [-0.3, -0.25) is 19.9 Å². The molecule has 0 fully saturated rings. The Balaban J connectivity index is 2.00. The summed E-state index contributed by atoms with van der Waals surface area (Å²) in [6.07, 6.45) is 4.05. The maximum atomic E-state index is 12.1. The molecule has 1 aromatic carbocycles. The Hall–Kier alpha value is -2.28. The van der Waals surface area contributed by atoms with Gasteiger partial charge in [0.25, 0.3) is 11.6 Å². The van der Waals surface area contributed by atoms with Gasteiger partial charge in [-0.15, -0.1) is 0 Å². The summed E-state index contributed by atoms with van der Waals surface area (Å²) in [4.78, 5) is 26.2. The monoisotopic (exact) mass is 349 g/mol. The highest BCUT2D eigenvalue weighted by molar-refractivity contribution is 9.10. The van der Waals surface area contributed by atoms with E-state index in [2.05, 4.69) is 26.2 Å². The van der Waals surface area contributed by atoms with E-state index >= 15 is 0 Å². The topological polar surface area (TPSA) is 85.1 Å². The molecular formula is C14H12BrN3O3. The van der Waals surface area contributed by atoms with Gasteiger partial charge in [-0.05, 0) is 46.1 Å². The Labute approximate surface area is 129 Å². The molecule has 1 heterocycles. The molecule has 0 aliphatic carbocycles. The van der Waals surface area contributed by atoms with Crippen LogP contribution < -0.4 is 5.32 Å². The van der Waals surface area contributed by atoms with E-state index in [9.17, 15) is 14.9 Å². The number of rotatable bonds is 5. The van der Waals surface area contributed by atoms with Crippen molar-refractivity contribution in [1.82, 2.24) is 10.3 Å². The van der Waals surface area contributed by atoms with Gasteiger partial charge in [0.1, 0.15) is 0 Å². The summed E-state index contributed by atoms with van der Waals surface area (Å²) in [5, 5.41) is 13.5. The van der Waals surface area contributed by atoms with Gasteiger partial charge >= 0.3 is 0 Å². The summed E-state index contributed by atoms with van der Waals surface area (Å²) < 4.78 is 0.523. The van der Waals surface area contributed by atoms with Crippen LogP contribution in [-0.2, 0) is 6.42 Å². The number of nitrogens with one attached hydrogen (secondary N) is 1. The molecule has 0 unspecified atom stereocenters. The standard InChI is InChI=1S/C14H12BrN3O3/c15-13-2-1-11(18(20)21)9-12(13)14(19)17-8-5-10-3-6-16-7-4-10/h1-4,6-7,9H,5,8H2,(H,17,19). The van der Waals surface area contributed by atoms with Gasteiger partial charge in [0.05, 0.1) is 10.5 Å². The van der Waals surface area contributed by atoms with Crippen LogP contribution in [0.25, 0.3) is 0 Å². The zero-order chi connectivity index (χ0) is 15.2. The first-order valence-electron chi connectivity index (χ1n) is 6.19. The number of nitro groups is 1. The predicted molar refractivity (Wildman–Crippen MR) is 81.1 cm³/mol. The largest absolute Gasteiger partial charge is 0.352 e. The number of pyridine rings is 1. The van der Waals surface area contributed by atoms with Gasteiger partial charge in [0, 0.05) is 35.5 Å². The molecule has 2 rings (SSSR count). The van der Waals surface area contributed by atoms with Gasteiger partial charge in [-0.2, -0.15) is 0 Å². The van der Waals surface area contributed by atoms with Gasteiger partial charge in [-0.1, -0.05) is 0 Å². The number of amides is 1. The quantitative estimate of drug-likeness (QED) is 0.664. The Morgan fingerprint density at radius 2 is 2.00 bits per heavy atom. The van der Waals surface area contributed by atoms with Crippen LogP contribution in [0.2, 0.25) is 0 Å². The molecule has 6 nitrogen and oxygen atoms in total. The number of carbonyl (C=O) groups is 1. The lowest BCUT2D eigenvalue weighted by Crippen LogP contribution is -2.26. The summed E-state index contributed by atoms with van der Waals surface area (Å²) in [5.41, 5.74) is 1.19. The second-order valence-electron chi connectivity index (χ2n) is 4.28. The third-order valence-electron chi connectivity index (χ3n) is 2.85. The molecule has 7 heteroatoms. The Bertz CT molecular complexity index is 662. The van der Waals surface area contributed by atoms with Crippen LogP contribution in [0.4, 0.5) is 5.69 Å². The fourth-order valence-corrected chi connectivity index (χ4v) is 2.19. The van der Waals surface area contributed by atoms with Crippen LogP contribution >= 0.6 is 15.9 Å². The summed E-state index contributed by atoms with van der Waals surface area (Å²) in [6.45, 7) is 0.442. The number of halogens is 1. The molecule has 0 saturated heterocycles. The Morgan fingerprint density at radius 3 is 2.67 bits per heavy atom. The molecule has 108 valence electrons. The first-order chi connectivity index (χ1) is 10.1. The highest BCUT2D eigenvalue weighted by atomic mass is 79.9. The zero-order valence-electron chi connectivity index (χ0n) is 11.0. The highest BCUT2D eigenvalue weighted by Crippen LogP contribution is 2.22. The van der Waals surface area contributed by atoms with E-state index in [0.29, 0.717) is 17.4 Å². The molecule has 0 aliphatic rings. The van der Waals surface area contributed by atoms with E-state index < -0.39 is 4.92 Å². The van der Waals surface area contributed by atoms with Gasteiger partial charge < -0.3 is 5.32 Å². The van der Waals surface area contributed by atoms with E-state index in [1.807, 2.05) is 12.1 Å². The molecule has 1 N–H and O–H groups in total. The van der Waals surface area contributed by atoms with Crippen LogP contribution in [0, 0.1) is 10.1 Å². The molecule has 0 aliphatic heterocycles. The summed E-state index contributed by atoms with van der Waals surface area (Å²) in [5.74, 6) is -0.348. The second kappa shape index (κ2) is 6.94. The van der Waals surface area contributed by atoms with Gasteiger partial charge in [0.2, 0.25) is 0 Å². The van der Waals surface area contributed by atoms with Crippen molar-refractivity contribution in [3.05, 3.63) is 68.4 Å². The normalized spacial score (nSPS) is 10.1. The maximum Gasteiger partial charge on any atom is 0.270 e. The molecule has 2 aromatic rings. The summed E-state index contributed by atoms with van der Waals surface area (Å²) >= 11 is 3.23. The molecular weight excluding hydrogens is 338 g/mol. The molecule has 0 spiro atoms. The van der Waals surface area contributed by atoms with Crippen molar-refractivity contribution in [3.63, 3.8) is 0 Å². The van der Waals surface area contributed by atoms with Crippen LogP contribution in [0.15, 0.2) is 47.2 Å². The van der Waals surface area contributed by atoms with E-state index in [4.69, 9.17) is 0 Å². The van der Waals surface area contributed by atoms with Crippen molar-refractivity contribution in [1.29, 1.82) is 0 Å². The number of non-ortho nitro benzene ring substituents is 1. The highest BCUT2D eigenvalue weighted by Gasteiger charge is 2.15. The molecule has 21 heavy (non-hydrogen) atoms. The number of hydrogen-bond acceptors (Lipinski definition) is 4. The maximum absolute atomic E-state index is 12.1. The Kier molecular flexibility index (Phi) is 4.99. The third kappa shape index (κ3) is 4.09. The molecule has 0 radical (unpaired) electrons. The SMILES string of the molecule is O=C(NCCc1ccncc1)c1cc([N+](=O)[O-])ccc1Br. The zero-order valence-corrected chi connectivity index (χ0v) is 12.5. The third-order valence-corrected chi connectivity index (χ3v) is 3.55. The fourth-order valence-electron chi connectivity index (χ4n) is 1.77. The van der Waals surface area contributed by atoms with Crippen LogP contribution in [0.1, 0.15) is 15.9 Å². The summed E-state index contributed by atoms with van der Waals surface area (Å²) in [6, 6.07) is 7.84. The molecule has 0 saturated carbocycles. The van der Waals surface area contributed by atoms with Crippen LogP contribution in [0.3, 0.4) is 0 Å². The molecule has 0 atom stereocenters. The van der Waals surface area contributed by atoms with Crippen molar-refractivity contribution in [2.24, 2.45) is 0 Å². The average Bonchev–Trinajstić information content (AvgIpc) is 2.48. The lowest BCUT2D eigenvalue weighted by molar-refractivity contribution is -0.384. The van der Waals surface area contributed by atoms with Crippen molar-refractivity contribution in [2.45, 2.75) is 6.42 Å². The fraction of sp³-hybridized carbons (Fsp3) is 0.143. The number of carbonyl (C=O) groups excluding carboxylic acids is 1. The number of hydrogen-bond donors (Lipinski definition) is 1. The minimum atomic E-state index is -0.528. The first kappa shape index (κ1) is 15.1. The summed E-state index contributed by atoms with van der Waals surface area (Å²) in [7, 11) is 0. The molecule has 0 bridgehead atoms. The molecule has 1 amide bonds. The predicted octanol–water partition coefficient (Wildman–Crippen LogP) is 2.72.